The van der Waals surface area contributed by atoms with Crippen molar-refractivity contribution >= 4 is 21.6 Å². The number of carbonyl (C=O) groups is 1. The van der Waals surface area contributed by atoms with Gasteiger partial charge in [-0.3, -0.25) is 9.10 Å². The van der Waals surface area contributed by atoms with Crippen molar-refractivity contribution in [3.8, 4) is 23.0 Å². The van der Waals surface area contributed by atoms with E-state index in [1.807, 2.05) is 6.07 Å². The highest BCUT2D eigenvalue weighted by molar-refractivity contribution is 7.92. The molecular formula is C24H24N2O7S. The second-order valence-corrected chi connectivity index (χ2v) is 9.19. The van der Waals surface area contributed by atoms with Gasteiger partial charge in [0, 0.05) is 12.6 Å². The molecular weight excluding hydrogens is 460 g/mol. The molecule has 0 aromatic heterocycles. The number of benzene rings is 3. The van der Waals surface area contributed by atoms with Gasteiger partial charge in [0.15, 0.2) is 23.0 Å². The highest BCUT2D eigenvalue weighted by atomic mass is 32.2. The van der Waals surface area contributed by atoms with Crippen LogP contribution in [0.4, 0.5) is 5.69 Å². The normalized spacial score (nSPS) is 12.2. The van der Waals surface area contributed by atoms with Gasteiger partial charge in [0.2, 0.25) is 12.7 Å². The van der Waals surface area contributed by atoms with E-state index in [2.05, 4.69) is 5.32 Å². The van der Waals surface area contributed by atoms with E-state index in [0.717, 1.165) is 9.87 Å². The third kappa shape index (κ3) is 4.86. The van der Waals surface area contributed by atoms with Crippen LogP contribution in [0.25, 0.3) is 0 Å². The van der Waals surface area contributed by atoms with E-state index >= 15 is 0 Å². The van der Waals surface area contributed by atoms with E-state index < -0.39 is 22.5 Å². The first-order chi connectivity index (χ1) is 16.4. The molecule has 0 radical (unpaired) electrons. The molecule has 3 aromatic carbocycles. The van der Waals surface area contributed by atoms with Crippen molar-refractivity contribution in [2.75, 3.05) is 31.9 Å². The molecule has 0 unspecified atom stereocenters. The number of ether oxygens (including phenoxy) is 4. The lowest BCUT2D eigenvalue weighted by atomic mass is 10.2. The molecule has 1 aliphatic rings. The van der Waals surface area contributed by atoms with E-state index in [4.69, 9.17) is 18.9 Å². The van der Waals surface area contributed by atoms with Crippen LogP contribution in [0.15, 0.2) is 71.6 Å². The number of sulfonamides is 1. The zero-order chi connectivity index (χ0) is 24.1. The molecule has 1 amide bonds. The van der Waals surface area contributed by atoms with Crippen molar-refractivity contribution in [2.45, 2.75) is 11.4 Å². The molecule has 0 saturated carbocycles. The topological polar surface area (TPSA) is 103 Å². The molecule has 1 N–H and O–H groups in total. The first-order valence-electron chi connectivity index (χ1n) is 10.4. The number of rotatable bonds is 9. The maximum atomic E-state index is 13.6. The van der Waals surface area contributed by atoms with Gasteiger partial charge < -0.3 is 24.3 Å². The summed E-state index contributed by atoms with van der Waals surface area (Å²) in [6, 6.07) is 18.1. The number of methoxy groups -OCH3 is 2. The number of hydrogen-bond acceptors (Lipinski definition) is 7. The Kier molecular flexibility index (Phi) is 6.78. The van der Waals surface area contributed by atoms with E-state index in [1.165, 1.54) is 32.4 Å². The number of carbonyl (C=O) groups excluding carboxylic acids is 1. The van der Waals surface area contributed by atoms with Crippen LogP contribution in [-0.4, -0.2) is 41.9 Å². The molecule has 178 valence electrons. The average molecular weight is 485 g/mol. The quantitative estimate of drug-likeness (QED) is 0.498. The molecule has 4 rings (SSSR count). The molecule has 3 aromatic rings. The Bertz CT molecular complexity index is 1280. The zero-order valence-corrected chi connectivity index (χ0v) is 19.5. The van der Waals surface area contributed by atoms with Gasteiger partial charge in [-0.05, 0) is 42.0 Å². The summed E-state index contributed by atoms with van der Waals surface area (Å²) < 4.78 is 49.3. The van der Waals surface area contributed by atoms with Gasteiger partial charge in [-0.25, -0.2) is 8.42 Å². The van der Waals surface area contributed by atoms with Crippen molar-refractivity contribution in [3.63, 3.8) is 0 Å². The Morgan fingerprint density at radius 1 is 0.941 bits per heavy atom. The van der Waals surface area contributed by atoms with Crippen molar-refractivity contribution < 1.29 is 32.2 Å². The molecule has 0 spiro atoms. The fraction of sp³-hybridized carbons (Fsp3) is 0.208. The molecule has 0 saturated heterocycles. The lowest BCUT2D eigenvalue weighted by Crippen LogP contribution is -2.40. The third-order valence-corrected chi connectivity index (χ3v) is 6.97. The lowest BCUT2D eigenvalue weighted by molar-refractivity contribution is -0.119. The zero-order valence-electron chi connectivity index (χ0n) is 18.7. The van der Waals surface area contributed by atoms with Gasteiger partial charge in [0.05, 0.1) is 24.8 Å². The molecule has 9 nitrogen and oxygen atoms in total. The van der Waals surface area contributed by atoms with Crippen LogP contribution in [0.2, 0.25) is 0 Å². The van der Waals surface area contributed by atoms with Crippen molar-refractivity contribution in [3.05, 3.63) is 72.3 Å². The fourth-order valence-corrected chi connectivity index (χ4v) is 4.89. The summed E-state index contributed by atoms with van der Waals surface area (Å²) in [6.07, 6.45) is 0. The first-order valence-corrected chi connectivity index (χ1v) is 11.8. The van der Waals surface area contributed by atoms with Crippen LogP contribution >= 0.6 is 0 Å². The van der Waals surface area contributed by atoms with Crippen molar-refractivity contribution in [1.82, 2.24) is 5.32 Å². The van der Waals surface area contributed by atoms with E-state index in [0.29, 0.717) is 22.9 Å². The third-order valence-electron chi connectivity index (χ3n) is 5.20. The Morgan fingerprint density at radius 3 is 2.41 bits per heavy atom. The minimum absolute atomic E-state index is 0.0300. The van der Waals surface area contributed by atoms with Crippen LogP contribution in [0, 0.1) is 0 Å². The average Bonchev–Trinajstić information content (AvgIpc) is 3.34. The van der Waals surface area contributed by atoms with Gasteiger partial charge in [0.1, 0.15) is 6.54 Å². The summed E-state index contributed by atoms with van der Waals surface area (Å²) in [6.45, 7) is -0.0507. The standard InChI is InChI=1S/C24H24N2O7S/c1-30-20-11-9-19(13-22(20)31-2)34(28,29)26(18-6-4-3-5-7-18)15-24(27)25-14-17-8-10-21-23(12-17)33-16-32-21/h3-13H,14-16H2,1-2H3,(H,25,27). The van der Waals surface area contributed by atoms with Gasteiger partial charge in [-0.15, -0.1) is 0 Å². The Balaban J connectivity index is 1.56. The van der Waals surface area contributed by atoms with Crippen LogP contribution in [0.3, 0.4) is 0 Å². The highest BCUT2D eigenvalue weighted by Gasteiger charge is 2.28. The molecule has 1 aliphatic heterocycles. The minimum Gasteiger partial charge on any atom is -0.493 e. The van der Waals surface area contributed by atoms with Crippen LogP contribution in [-0.2, 0) is 21.4 Å². The number of nitrogens with zero attached hydrogens (tertiary/aromatic N) is 1. The van der Waals surface area contributed by atoms with E-state index in [9.17, 15) is 13.2 Å². The molecule has 0 bridgehead atoms. The van der Waals surface area contributed by atoms with Crippen molar-refractivity contribution in [2.24, 2.45) is 0 Å². The van der Waals surface area contributed by atoms with E-state index in [-0.39, 0.29) is 24.0 Å². The summed E-state index contributed by atoms with van der Waals surface area (Å²) in [5, 5.41) is 2.77. The van der Waals surface area contributed by atoms with Crippen LogP contribution in [0.1, 0.15) is 5.56 Å². The Morgan fingerprint density at radius 2 is 1.68 bits per heavy atom. The van der Waals surface area contributed by atoms with Gasteiger partial charge >= 0.3 is 0 Å². The summed E-state index contributed by atoms with van der Waals surface area (Å²) in [5.74, 6) is 1.45. The van der Waals surface area contributed by atoms with Crippen LogP contribution in [0.5, 0.6) is 23.0 Å². The summed E-state index contributed by atoms with van der Waals surface area (Å²) in [4.78, 5) is 12.8. The maximum absolute atomic E-state index is 13.6. The van der Waals surface area contributed by atoms with Gasteiger partial charge in [-0.1, -0.05) is 24.3 Å². The van der Waals surface area contributed by atoms with E-state index in [1.54, 1.807) is 42.5 Å². The molecule has 10 heteroatoms. The molecule has 0 aliphatic carbocycles. The number of hydrogen-bond donors (Lipinski definition) is 1. The summed E-state index contributed by atoms with van der Waals surface area (Å²) >= 11 is 0. The largest absolute Gasteiger partial charge is 0.493 e. The molecule has 0 atom stereocenters. The predicted molar refractivity (Wildman–Crippen MR) is 125 cm³/mol. The van der Waals surface area contributed by atoms with Crippen LogP contribution < -0.4 is 28.6 Å². The number of fused-ring (bicyclic) bond motifs is 1. The summed E-state index contributed by atoms with van der Waals surface area (Å²) in [7, 11) is -1.21. The number of amides is 1. The number of anilines is 1. The lowest BCUT2D eigenvalue weighted by Gasteiger charge is -2.24. The Labute approximate surface area is 197 Å². The summed E-state index contributed by atoms with van der Waals surface area (Å²) in [5.41, 5.74) is 1.15. The Hall–Kier alpha value is -3.92. The number of nitrogens with one attached hydrogen (secondary N) is 1. The molecule has 0 fully saturated rings. The number of para-hydroxylation sites is 1. The van der Waals surface area contributed by atoms with Gasteiger partial charge in [-0.2, -0.15) is 0 Å². The smallest absolute Gasteiger partial charge is 0.264 e. The fourth-order valence-electron chi connectivity index (χ4n) is 3.45. The first kappa shape index (κ1) is 23.2. The molecule has 1 heterocycles. The highest BCUT2D eigenvalue weighted by Crippen LogP contribution is 2.33. The maximum Gasteiger partial charge on any atom is 0.264 e. The second-order valence-electron chi connectivity index (χ2n) is 7.33. The molecule has 34 heavy (non-hydrogen) atoms. The monoisotopic (exact) mass is 484 g/mol. The predicted octanol–water partition coefficient (Wildman–Crippen LogP) is 2.94. The SMILES string of the molecule is COc1ccc(S(=O)(=O)N(CC(=O)NCc2ccc3c(c2)OCO3)c2ccccc2)cc1OC. The van der Waals surface area contributed by atoms with Gasteiger partial charge in [0.25, 0.3) is 10.0 Å². The second kappa shape index (κ2) is 9.92. The minimum atomic E-state index is -4.10. The van der Waals surface area contributed by atoms with Crippen molar-refractivity contribution in [1.29, 1.82) is 0 Å².